The third-order valence-corrected chi connectivity index (χ3v) is 6.46. The van der Waals surface area contributed by atoms with E-state index in [4.69, 9.17) is 15.0 Å². The van der Waals surface area contributed by atoms with Crippen molar-refractivity contribution in [3.63, 3.8) is 0 Å². The predicted octanol–water partition coefficient (Wildman–Crippen LogP) is 7.35. The molecule has 0 saturated carbocycles. The molecule has 0 saturated heterocycles. The number of nitrogens with zero attached hydrogens (tertiary/aromatic N) is 5. The van der Waals surface area contributed by atoms with Crippen LogP contribution in [0.1, 0.15) is 0 Å². The summed E-state index contributed by atoms with van der Waals surface area (Å²) in [6.07, 6.45) is 3.53. The summed E-state index contributed by atoms with van der Waals surface area (Å²) in [5.74, 6) is 1.19. The van der Waals surface area contributed by atoms with Crippen molar-refractivity contribution in [3.05, 3.63) is 116 Å². The Bertz CT molecular complexity index is 1720. The van der Waals surface area contributed by atoms with Gasteiger partial charge in [-0.1, -0.05) is 72.8 Å². The lowest BCUT2D eigenvalue weighted by molar-refractivity contribution is 1.07. The highest BCUT2D eigenvalue weighted by Crippen LogP contribution is 2.29. The summed E-state index contributed by atoms with van der Waals surface area (Å²) in [6, 6.07) is 34.0. The third kappa shape index (κ3) is 4.51. The van der Waals surface area contributed by atoms with Crippen molar-refractivity contribution < 1.29 is 0 Å². The monoisotopic (exact) mass is 506 g/mol. The third-order valence-electron chi connectivity index (χ3n) is 6.46. The summed E-state index contributed by atoms with van der Waals surface area (Å²) >= 11 is 0. The van der Waals surface area contributed by atoms with Gasteiger partial charge in [0.05, 0.1) is 22.4 Å². The number of anilines is 6. The van der Waals surface area contributed by atoms with E-state index < -0.39 is 0 Å². The molecule has 0 aliphatic rings. The Morgan fingerprint density at radius 1 is 0.385 bits per heavy atom. The smallest absolute Gasteiger partial charge is 0.233 e. The van der Waals surface area contributed by atoms with E-state index in [1.165, 1.54) is 0 Å². The van der Waals surface area contributed by atoms with Crippen LogP contribution in [0.2, 0.25) is 0 Å². The van der Waals surface area contributed by atoms with Crippen molar-refractivity contribution in [2.24, 2.45) is 0 Å². The molecule has 0 atom stereocenters. The quantitative estimate of drug-likeness (QED) is 0.215. The van der Waals surface area contributed by atoms with E-state index in [1.54, 1.807) is 12.4 Å². The number of hydrogen-bond donors (Lipinski definition) is 3. The fraction of sp³-hybridized carbons (Fsp3) is 0. The van der Waals surface area contributed by atoms with Gasteiger partial charge in [0, 0.05) is 34.2 Å². The number of aromatic nitrogens is 5. The Morgan fingerprint density at radius 3 is 1.38 bits per heavy atom. The second-order valence-electron chi connectivity index (χ2n) is 8.96. The van der Waals surface area contributed by atoms with Crippen LogP contribution in [0.25, 0.3) is 32.6 Å². The van der Waals surface area contributed by atoms with E-state index in [0.717, 1.165) is 49.6 Å². The lowest BCUT2D eigenvalue weighted by Gasteiger charge is -2.14. The van der Waals surface area contributed by atoms with Gasteiger partial charge in [0.25, 0.3) is 0 Å². The van der Waals surface area contributed by atoms with Gasteiger partial charge in [-0.25, -0.2) is 0 Å². The minimum absolute atomic E-state index is 0.393. The lowest BCUT2D eigenvalue weighted by Crippen LogP contribution is -2.08. The van der Waals surface area contributed by atoms with Gasteiger partial charge in [-0.15, -0.1) is 0 Å². The number of para-hydroxylation sites is 2. The molecule has 7 rings (SSSR count). The molecule has 186 valence electrons. The summed E-state index contributed by atoms with van der Waals surface area (Å²) in [5.41, 5.74) is 4.37. The van der Waals surface area contributed by atoms with Crippen LogP contribution in [0.5, 0.6) is 0 Å². The van der Waals surface area contributed by atoms with Crippen molar-refractivity contribution in [2.45, 2.75) is 0 Å². The topological polar surface area (TPSA) is 101 Å². The highest BCUT2D eigenvalue weighted by Gasteiger charge is 2.12. The second-order valence-corrected chi connectivity index (χ2v) is 8.96. The first-order chi connectivity index (χ1) is 19.3. The molecular weight excluding hydrogens is 484 g/mol. The molecule has 0 bridgehead atoms. The SMILES string of the molecule is c1ccc2c(Nc3nc(Nc4ccnc5ccccc45)nc(Nc4ccnc5ccccc45)n3)cccc2c1. The first kappa shape index (κ1) is 22.6. The number of rotatable bonds is 6. The van der Waals surface area contributed by atoms with E-state index in [1.807, 2.05) is 84.9 Å². The van der Waals surface area contributed by atoms with Crippen LogP contribution in [0, 0.1) is 0 Å². The summed E-state index contributed by atoms with van der Waals surface area (Å²) < 4.78 is 0. The van der Waals surface area contributed by atoms with Crippen molar-refractivity contribution in [1.82, 2.24) is 24.9 Å². The molecule has 0 amide bonds. The Hall–Kier alpha value is -5.63. The van der Waals surface area contributed by atoms with Gasteiger partial charge in [0.1, 0.15) is 0 Å². The van der Waals surface area contributed by atoms with Crippen molar-refractivity contribution >= 4 is 67.5 Å². The number of hydrogen-bond acceptors (Lipinski definition) is 8. The maximum absolute atomic E-state index is 4.72. The summed E-state index contributed by atoms with van der Waals surface area (Å²) in [6.45, 7) is 0. The van der Waals surface area contributed by atoms with Crippen LogP contribution in [-0.2, 0) is 0 Å². The highest BCUT2D eigenvalue weighted by atomic mass is 15.3. The van der Waals surface area contributed by atoms with Crippen LogP contribution in [0.3, 0.4) is 0 Å². The number of nitrogens with one attached hydrogen (secondary N) is 3. The molecular formula is C31H22N8. The number of fused-ring (bicyclic) bond motifs is 3. The summed E-state index contributed by atoms with van der Waals surface area (Å²) in [7, 11) is 0. The van der Waals surface area contributed by atoms with Gasteiger partial charge >= 0.3 is 0 Å². The number of benzene rings is 4. The van der Waals surface area contributed by atoms with Gasteiger partial charge in [-0.2, -0.15) is 15.0 Å². The molecule has 7 aromatic rings. The average molecular weight is 507 g/mol. The summed E-state index contributed by atoms with van der Waals surface area (Å²) in [4.78, 5) is 23.1. The van der Waals surface area contributed by atoms with Crippen LogP contribution in [0.4, 0.5) is 34.9 Å². The molecule has 0 aliphatic heterocycles. The molecule has 3 aromatic heterocycles. The minimum Gasteiger partial charge on any atom is -0.323 e. The minimum atomic E-state index is 0.393. The normalized spacial score (nSPS) is 11.1. The molecule has 0 unspecified atom stereocenters. The molecule has 0 fully saturated rings. The van der Waals surface area contributed by atoms with E-state index in [9.17, 15) is 0 Å². The molecule has 3 N–H and O–H groups in total. The van der Waals surface area contributed by atoms with Crippen molar-refractivity contribution in [3.8, 4) is 0 Å². The van der Waals surface area contributed by atoms with Crippen LogP contribution < -0.4 is 16.0 Å². The Kier molecular flexibility index (Phi) is 5.60. The van der Waals surface area contributed by atoms with Crippen LogP contribution in [-0.4, -0.2) is 24.9 Å². The maximum Gasteiger partial charge on any atom is 0.233 e. The molecule has 3 heterocycles. The average Bonchev–Trinajstić information content (AvgIpc) is 2.98. The Morgan fingerprint density at radius 2 is 0.821 bits per heavy atom. The second kappa shape index (κ2) is 9.68. The maximum atomic E-state index is 4.72. The van der Waals surface area contributed by atoms with Gasteiger partial charge < -0.3 is 16.0 Å². The molecule has 8 heteroatoms. The Balaban J connectivity index is 1.32. The largest absolute Gasteiger partial charge is 0.323 e. The van der Waals surface area contributed by atoms with Crippen molar-refractivity contribution in [2.75, 3.05) is 16.0 Å². The van der Waals surface area contributed by atoms with Crippen LogP contribution >= 0.6 is 0 Å². The molecule has 0 spiro atoms. The first-order valence-corrected chi connectivity index (χ1v) is 12.5. The fourth-order valence-corrected chi connectivity index (χ4v) is 4.65. The van der Waals surface area contributed by atoms with Crippen LogP contribution in [0.15, 0.2) is 116 Å². The van der Waals surface area contributed by atoms with Gasteiger partial charge in [-0.3, -0.25) is 9.97 Å². The number of pyridine rings is 2. The molecule has 0 aliphatic carbocycles. The zero-order valence-electron chi connectivity index (χ0n) is 20.7. The van der Waals surface area contributed by atoms with E-state index in [0.29, 0.717) is 17.8 Å². The Labute approximate surface area is 223 Å². The van der Waals surface area contributed by atoms with Gasteiger partial charge in [0.2, 0.25) is 17.8 Å². The highest BCUT2D eigenvalue weighted by molar-refractivity contribution is 5.96. The predicted molar refractivity (Wildman–Crippen MR) is 157 cm³/mol. The zero-order valence-corrected chi connectivity index (χ0v) is 20.7. The fourth-order valence-electron chi connectivity index (χ4n) is 4.65. The molecule has 39 heavy (non-hydrogen) atoms. The zero-order chi connectivity index (χ0) is 26.0. The lowest BCUT2D eigenvalue weighted by atomic mass is 10.1. The first-order valence-electron chi connectivity index (χ1n) is 12.5. The molecule has 4 aromatic carbocycles. The van der Waals surface area contributed by atoms with Gasteiger partial charge in [-0.05, 0) is 35.7 Å². The van der Waals surface area contributed by atoms with Gasteiger partial charge in [0.15, 0.2) is 0 Å². The standard InChI is InChI=1S/C31H22N8/c1-2-10-21-20(8-1)9-7-15-26(21)34-29-37-30(35-27-16-18-32-24-13-5-3-11-22(24)27)39-31(38-29)36-28-17-19-33-25-14-6-4-12-23(25)28/h1-19H,(H3,32,33,34,35,36,37,38,39). The van der Waals surface area contributed by atoms with E-state index in [-0.39, 0.29) is 0 Å². The van der Waals surface area contributed by atoms with E-state index >= 15 is 0 Å². The van der Waals surface area contributed by atoms with E-state index in [2.05, 4.69) is 44.1 Å². The van der Waals surface area contributed by atoms with Crippen molar-refractivity contribution in [1.29, 1.82) is 0 Å². The molecule has 8 nitrogen and oxygen atoms in total. The molecule has 0 radical (unpaired) electrons. The summed E-state index contributed by atoms with van der Waals surface area (Å²) in [5, 5.41) is 14.3.